The number of hydrogen-bond donors (Lipinski definition) is 0. The lowest BCUT2D eigenvalue weighted by atomic mass is 10.1. The first kappa shape index (κ1) is 21.6. The number of hydrogen-bond acceptors (Lipinski definition) is 6. The highest BCUT2D eigenvalue weighted by molar-refractivity contribution is 7.89. The van der Waals surface area contributed by atoms with E-state index in [4.69, 9.17) is 9.47 Å². The van der Waals surface area contributed by atoms with Crippen LogP contribution < -0.4 is 9.47 Å². The summed E-state index contributed by atoms with van der Waals surface area (Å²) >= 11 is 0. The second-order valence-electron chi connectivity index (χ2n) is 5.93. The Kier molecular flexibility index (Phi) is 6.93. The van der Waals surface area contributed by atoms with E-state index in [9.17, 15) is 18.0 Å². The molecular formula is C20H23NO6S. The van der Waals surface area contributed by atoms with Crippen molar-refractivity contribution >= 4 is 21.8 Å². The van der Waals surface area contributed by atoms with Gasteiger partial charge >= 0.3 is 5.97 Å². The summed E-state index contributed by atoms with van der Waals surface area (Å²) < 4.78 is 36.9. The maximum Gasteiger partial charge on any atom is 0.343 e. The fraction of sp³-hybridized carbons (Fsp3) is 0.300. The highest BCUT2D eigenvalue weighted by atomic mass is 32.2. The van der Waals surface area contributed by atoms with E-state index in [1.165, 1.54) is 60.8 Å². The maximum atomic E-state index is 12.5. The lowest BCUT2D eigenvalue weighted by Crippen LogP contribution is -2.30. The number of sulfonamides is 1. The van der Waals surface area contributed by atoms with Crippen LogP contribution in [0.3, 0.4) is 0 Å². The lowest BCUT2D eigenvalue weighted by molar-refractivity contribution is 0.0729. The first-order valence-electron chi connectivity index (χ1n) is 8.75. The molecule has 28 heavy (non-hydrogen) atoms. The Morgan fingerprint density at radius 2 is 1.50 bits per heavy atom. The van der Waals surface area contributed by atoms with Gasteiger partial charge in [0, 0.05) is 18.7 Å². The second kappa shape index (κ2) is 8.99. The van der Waals surface area contributed by atoms with E-state index in [0.29, 0.717) is 18.7 Å². The van der Waals surface area contributed by atoms with Gasteiger partial charge in [0.1, 0.15) is 0 Å². The molecule has 0 saturated carbocycles. The number of methoxy groups -OCH3 is 1. The predicted octanol–water partition coefficient (Wildman–Crippen LogP) is 3.15. The van der Waals surface area contributed by atoms with Gasteiger partial charge in [-0.1, -0.05) is 13.8 Å². The smallest absolute Gasteiger partial charge is 0.343 e. The number of carbonyl (C=O) groups is 2. The van der Waals surface area contributed by atoms with Crippen molar-refractivity contribution in [3.05, 3.63) is 53.6 Å². The van der Waals surface area contributed by atoms with Crippen LogP contribution >= 0.6 is 0 Å². The van der Waals surface area contributed by atoms with Crippen molar-refractivity contribution in [1.29, 1.82) is 0 Å². The van der Waals surface area contributed by atoms with Gasteiger partial charge in [-0.2, -0.15) is 4.31 Å². The standard InChI is InChI=1S/C20H23NO6S/c1-5-21(6-2)28(24,25)17-10-7-15(8-11-17)20(23)27-18-12-9-16(14(3)22)13-19(18)26-4/h7-13H,5-6H2,1-4H3. The van der Waals surface area contributed by atoms with Crippen molar-refractivity contribution in [3.63, 3.8) is 0 Å². The molecule has 7 nitrogen and oxygen atoms in total. The van der Waals surface area contributed by atoms with Gasteiger partial charge in [-0.15, -0.1) is 0 Å². The zero-order chi connectivity index (χ0) is 20.9. The van der Waals surface area contributed by atoms with E-state index < -0.39 is 16.0 Å². The highest BCUT2D eigenvalue weighted by Gasteiger charge is 2.22. The van der Waals surface area contributed by atoms with Crippen LogP contribution in [0.5, 0.6) is 11.5 Å². The molecule has 150 valence electrons. The van der Waals surface area contributed by atoms with E-state index in [1.807, 2.05) is 0 Å². The normalized spacial score (nSPS) is 11.3. The number of benzene rings is 2. The third-order valence-electron chi connectivity index (χ3n) is 4.21. The number of nitrogens with zero attached hydrogens (tertiary/aromatic N) is 1. The van der Waals surface area contributed by atoms with Gasteiger partial charge in [0.25, 0.3) is 0 Å². The molecule has 2 rings (SSSR count). The molecule has 0 atom stereocenters. The molecule has 0 aliphatic rings. The van der Waals surface area contributed by atoms with Crippen LogP contribution in [0.15, 0.2) is 47.4 Å². The van der Waals surface area contributed by atoms with Crippen molar-refractivity contribution < 1.29 is 27.5 Å². The van der Waals surface area contributed by atoms with Crippen LogP contribution in [0.1, 0.15) is 41.5 Å². The SMILES string of the molecule is CCN(CC)S(=O)(=O)c1ccc(C(=O)Oc2ccc(C(C)=O)cc2OC)cc1. The molecule has 0 aliphatic heterocycles. The number of Topliss-reactive ketones (excluding diaryl/α,β-unsaturated/α-hetero) is 1. The van der Waals surface area contributed by atoms with Crippen LogP contribution in [0, 0.1) is 0 Å². The molecule has 2 aromatic rings. The van der Waals surface area contributed by atoms with Gasteiger partial charge in [0.05, 0.1) is 17.6 Å². The molecule has 8 heteroatoms. The van der Waals surface area contributed by atoms with Gasteiger partial charge in [0.2, 0.25) is 10.0 Å². The summed E-state index contributed by atoms with van der Waals surface area (Å²) in [5, 5.41) is 0. The molecule has 0 heterocycles. The zero-order valence-corrected chi connectivity index (χ0v) is 17.1. The number of rotatable bonds is 8. The Morgan fingerprint density at radius 1 is 0.929 bits per heavy atom. The quantitative estimate of drug-likeness (QED) is 0.381. The Hall–Kier alpha value is -2.71. The average molecular weight is 405 g/mol. The molecule has 0 amide bonds. The molecule has 0 radical (unpaired) electrons. The van der Waals surface area contributed by atoms with Gasteiger partial charge in [0.15, 0.2) is 17.3 Å². The van der Waals surface area contributed by atoms with Crippen molar-refractivity contribution in [2.45, 2.75) is 25.7 Å². The first-order valence-corrected chi connectivity index (χ1v) is 10.2. The van der Waals surface area contributed by atoms with Crippen LogP contribution in [0.25, 0.3) is 0 Å². The van der Waals surface area contributed by atoms with E-state index in [1.54, 1.807) is 13.8 Å². The fourth-order valence-corrected chi connectivity index (χ4v) is 4.06. The second-order valence-corrected chi connectivity index (χ2v) is 7.86. The molecule has 0 saturated heterocycles. The van der Waals surface area contributed by atoms with Crippen LogP contribution in [0.2, 0.25) is 0 Å². The van der Waals surface area contributed by atoms with Gasteiger partial charge in [-0.25, -0.2) is 13.2 Å². The Morgan fingerprint density at radius 3 is 2.00 bits per heavy atom. The molecule has 0 unspecified atom stereocenters. The number of ketones is 1. The van der Waals surface area contributed by atoms with E-state index >= 15 is 0 Å². The third-order valence-corrected chi connectivity index (χ3v) is 6.27. The summed E-state index contributed by atoms with van der Waals surface area (Å²) in [4.78, 5) is 24.0. The minimum absolute atomic E-state index is 0.108. The van der Waals surface area contributed by atoms with Crippen LogP contribution in [-0.4, -0.2) is 44.7 Å². The lowest BCUT2D eigenvalue weighted by Gasteiger charge is -2.18. The predicted molar refractivity (Wildman–Crippen MR) is 105 cm³/mol. The zero-order valence-electron chi connectivity index (χ0n) is 16.3. The monoisotopic (exact) mass is 405 g/mol. The fourth-order valence-electron chi connectivity index (χ4n) is 2.61. The van der Waals surface area contributed by atoms with E-state index in [2.05, 4.69) is 0 Å². The Bertz CT molecular complexity index is 963. The summed E-state index contributed by atoms with van der Waals surface area (Å²) in [5.41, 5.74) is 0.624. The summed E-state index contributed by atoms with van der Waals surface area (Å²) in [6, 6.07) is 10.1. The van der Waals surface area contributed by atoms with E-state index in [0.717, 1.165) is 0 Å². The van der Waals surface area contributed by atoms with Crippen molar-refractivity contribution in [2.24, 2.45) is 0 Å². The van der Waals surface area contributed by atoms with Crippen molar-refractivity contribution in [2.75, 3.05) is 20.2 Å². The molecule has 0 bridgehead atoms. The van der Waals surface area contributed by atoms with E-state index in [-0.39, 0.29) is 27.7 Å². The average Bonchev–Trinajstić information content (AvgIpc) is 2.68. The molecule has 2 aromatic carbocycles. The summed E-state index contributed by atoms with van der Waals surface area (Å²) in [5.74, 6) is -0.388. The summed E-state index contributed by atoms with van der Waals surface area (Å²) in [6.45, 7) is 5.67. The van der Waals surface area contributed by atoms with Gasteiger partial charge in [-0.3, -0.25) is 4.79 Å². The van der Waals surface area contributed by atoms with Crippen molar-refractivity contribution in [1.82, 2.24) is 4.31 Å². The molecule has 0 aliphatic carbocycles. The van der Waals surface area contributed by atoms with Crippen molar-refractivity contribution in [3.8, 4) is 11.5 Å². The molecule has 0 fully saturated rings. The topological polar surface area (TPSA) is 90.0 Å². The number of ether oxygens (including phenoxy) is 2. The molecule has 0 spiro atoms. The largest absolute Gasteiger partial charge is 0.493 e. The number of carbonyl (C=O) groups excluding carboxylic acids is 2. The summed E-state index contributed by atoms with van der Waals surface area (Å²) in [7, 11) is -2.19. The Labute approximate surface area is 164 Å². The van der Waals surface area contributed by atoms with Gasteiger partial charge < -0.3 is 9.47 Å². The molecule has 0 N–H and O–H groups in total. The minimum Gasteiger partial charge on any atom is -0.493 e. The van der Waals surface area contributed by atoms with Crippen LogP contribution in [-0.2, 0) is 10.0 Å². The first-order chi connectivity index (χ1) is 13.2. The minimum atomic E-state index is -3.60. The summed E-state index contributed by atoms with van der Waals surface area (Å²) in [6.07, 6.45) is 0. The highest BCUT2D eigenvalue weighted by Crippen LogP contribution is 2.29. The Balaban J connectivity index is 2.23. The number of esters is 1. The molecular weight excluding hydrogens is 382 g/mol. The van der Waals surface area contributed by atoms with Gasteiger partial charge in [-0.05, 0) is 49.4 Å². The molecule has 0 aromatic heterocycles. The van der Waals surface area contributed by atoms with Crippen LogP contribution in [0.4, 0.5) is 0 Å². The maximum absolute atomic E-state index is 12.5. The third kappa shape index (κ3) is 4.58.